The van der Waals surface area contributed by atoms with Crippen molar-refractivity contribution in [1.29, 1.82) is 0 Å². The lowest BCUT2D eigenvalue weighted by Crippen LogP contribution is -2.08. The maximum absolute atomic E-state index is 6.21. The van der Waals surface area contributed by atoms with Gasteiger partial charge in [-0.2, -0.15) is 0 Å². The minimum Gasteiger partial charge on any atom is -0.487 e. The van der Waals surface area contributed by atoms with Crippen LogP contribution in [0.1, 0.15) is 11.1 Å². The molecule has 2 rings (SSSR count). The first kappa shape index (κ1) is 16.7. The molecule has 0 amide bonds. The molecule has 0 radical (unpaired) electrons. The van der Waals surface area contributed by atoms with Crippen LogP contribution in [0.5, 0.6) is 5.75 Å². The predicted octanol–water partition coefficient (Wildman–Crippen LogP) is 5.60. The van der Waals surface area contributed by atoms with E-state index in [4.69, 9.17) is 51.1 Å². The fourth-order valence-electron chi connectivity index (χ4n) is 1.88. The molecule has 2 aromatic carbocycles. The Morgan fingerprint density at radius 2 is 1.71 bits per heavy atom. The van der Waals surface area contributed by atoms with Crippen LogP contribution in [0, 0.1) is 0 Å². The predicted molar refractivity (Wildman–Crippen MR) is 90.0 cm³/mol. The highest BCUT2D eigenvalue weighted by Gasteiger charge is 2.11. The van der Waals surface area contributed by atoms with Gasteiger partial charge in [0, 0.05) is 17.1 Å². The first-order valence-electron chi connectivity index (χ1n) is 6.20. The summed E-state index contributed by atoms with van der Waals surface area (Å²) in [5.41, 5.74) is 1.81. The Kier molecular flexibility index (Phi) is 6.03. The summed E-state index contributed by atoms with van der Waals surface area (Å²) in [6.07, 6.45) is 0. The van der Waals surface area contributed by atoms with Gasteiger partial charge in [-0.3, -0.25) is 0 Å². The fraction of sp³-hybridized carbons (Fsp3) is 0.200. The zero-order chi connectivity index (χ0) is 15.4. The molecule has 6 heteroatoms. The van der Waals surface area contributed by atoms with Gasteiger partial charge in [-0.15, -0.1) is 0 Å². The fourth-order valence-corrected chi connectivity index (χ4v) is 2.79. The van der Waals surface area contributed by atoms with Gasteiger partial charge in [0.25, 0.3) is 0 Å². The van der Waals surface area contributed by atoms with Crippen molar-refractivity contribution < 1.29 is 4.74 Å². The third-order valence-corrected chi connectivity index (χ3v) is 4.06. The van der Waals surface area contributed by atoms with Crippen LogP contribution in [0.25, 0.3) is 0 Å². The van der Waals surface area contributed by atoms with Crippen LogP contribution in [0.15, 0.2) is 30.3 Å². The molecule has 0 fully saturated rings. The van der Waals surface area contributed by atoms with Gasteiger partial charge in [0.1, 0.15) is 12.4 Å². The Balaban J connectivity index is 2.20. The van der Waals surface area contributed by atoms with Crippen molar-refractivity contribution in [1.82, 2.24) is 5.32 Å². The number of hydrogen-bond donors (Lipinski definition) is 1. The summed E-state index contributed by atoms with van der Waals surface area (Å²) in [6, 6.07) is 8.85. The van der Waals surface area contributed by atoms with E-state index in [2.05, 4.69) is 5.32 Å². The SMILES string of the molecule is CNCc1cc(Cl)cc(Cl)c1OCc1ccc(Cl)c(Cl)c1. The number of nitrogens with one attached hydrogen (secondary N) is 1. The lowest BCUT2D eigenvalue weighted by molar-refractivity contribution is 0.302. The molecule has 0 saturated carbocycles. The van der Waals surface area contributed by atoms with Crippen LogP contribution >= 0.6 is 46.4 Å². The molecule has 0 bridgehead atoms. The summed E-state index contributed by atoms with van der Waals surface area (Å²) < 4.78 is 5.82. The molecule has 0 aliphatic rings. The highest BCUT2D eigenvalue weighted by atomic mass is 35.5. The highest BCUT2D eigenvalue weighted by molar-refractivity contribution is 6.42. The summed E-state index contributed by atoms with van der Waals surface area (Å²) in [7, 11) is 1.84. The van der Waals surface area contributed by atoms with Crippen LogP contribution in [-0.4, -0.2) is 7.05 Å². The van der Waals surface area contributed by atoms with Gasteiger partial charge >= 0.3 is 0 Å². The molecule has 0 saturated heterocycles. The molecule has 0 aliphatic heterocycles. The third kappa shape index (κ3) is 4.41. The Morgan fingerprint density at radius 1 is 0.952 bits per heavy atom. The second-order valence-electron chi connectivity index (χ2n) is 4.44. The maximum atomic E-state index is 6.21. The quantitative estimate of drug-likeness (QED) is 0.745. The van der Waals surface area contributed by atoms with E-state index in [1.54, 1.807) is 18.2 Å². The van der Waals surface area contributed by atoms with E-state index < -0.39 is 0 Å². The molecule has 2 aromatic rings. The topological polar surface area (TPSA) is 21.3 Å². The van der Waals surface area contributed by atoms with Crippen molar-refractivity contribution in [3.8, 4) is 5.75 Å². The Labute approximate surface area is 143 Å². The first-order valence-corrected chi connectivity index (χ1v) is 7.71. The van der Waals surface area contributed by atoms with Gasteiger partial charge in [0.15, 0.2) is 0 Å². The van der Waals surface area contributed by atoms with Gasteiger partial charge in [-0.1, -0.05) is 52.5 Å². The summed E-state index contributed by atoms with van der Waals surface area (Å²) in [5.74, 6) is 0.612. The van der Waals surface area contributed by atoms with Crippen molar-refractivity contribution >= 4 is 46.4 Å². The van der Waals surface area contributed by atoms with Crippen molar-refractivity contribution in [3.63, 3.8) is 0 Å². The van der Waals surface area contributed by atoms with Crippen LogP contribution in [0.3, 0.4) is 0 Å². The van der Waals surface area contributed by atoms with Crippen LogP contribution in [-0.2, 0) is 13.2 Å². The van der Waals surface area contributed by atoms with E-state index in [0.29, 0.717) is 39.0 Å². The van der Waals surface area contributed by atoms with Gasteiger partial charge in [-0.25, -0.2) is 0 Å². The van der Waals surface area contributed by atoms with Crippen molar-refractivity contribution in [3.05, 3.63) is 61.5 Å². The second-order valence-corrected chi connectivity index (χ2v) is 6.10. The highest BCUT2D eigenvalue weighted by Crippen LogP contribution is 2.33. The summed E-state index contributed by atoms with van der Waals surface area (Å²) in [5, 5.41) is 5.12. The smallest absolute Gasteiger partial charge is 0.142 e. The number of benzene rings is 2. The average molecular weight is 365 g/mol. The second kappa shape index (κ2) is 7.57. The third-order valence-electron chi connectivity index (χ3n) is 2.82. The Bertz CT molecular complexity index is 646. The van der Waals surface area contributed by atoms with Crippen molar-refractivity contribution in [2.24, 2.45) is 0 Å². The minimum atomic E-state index is 0.342. The van der Waals surface area contributed by atoms with Gasteiger partial charge < -0.3 is 10.1 Å². The molecule has 112 valence electrons. The lowest BCUT2D eigenvalue weighted by atomic mass is 10.2. The van der Waals surface area contributed by atoms with Gasteiger partial charge in [0.05, 0.1) is 15.1 Å². The largest absolute Gasteiger partial charge is 0.487 e. The van der Waals surface area contributed by atoms with E-state index in [9.17, 15) is 0 Å². The number of ether oxygens (including phenoxy) is 1. The minimum absolute atomic E-state index is 0.342. The molecule has 0 aromatic heterocycles. The molecule has 2 nitrogen and oxygen atoms in total. The van der Waals surface area contributed by atoms with E-state index in [1.165, 1.54) is 0 Å². The van der Waals surface area contributed by atoms with Gasteiger partial charge in [-0.05, 0) is 36.9 Å². The van der Waals surface area contributed by atoms with Crippen LogP contribution in [0.4, 0.5) is 0 Å². The molecule has 0 heterocycles. The number of rotatable bonds is 5. The molecular formula is C15H13Cl4NO. The zero-order valence-electron chi connectivity index (χ0n) is 11.2. The molecule has 0 spiro atoms. The molecule has 0 atom stereocenters. The van der Waals surface area contributed by atoms with E-state index in [0.717, 1.165) is 11.1 Å². The average Bonchev–Trinajstić information content (AvgIpc) is 2.42. The Hall–Kier alpha value is -0.640. The normalized spacial score (nSPS) is 10.7. The van der Waals surface area contributed by atoms with E-state index in [-0.39, 0.29) is 0 Å². The molecule has 0 unspecified atom stereocenters. The molecule has 0 aliphatic carbocycles. The summed E-state index contributed by atoms with van der Waals surface area (Å²) in [4.78, 5) is 0. The molecule has 1 N–H and O–H groups in total. The summed E-state index contributed by atoms with van der Waals surface area (Å²) >= 11 is 24.1. The van der Waals surface area contributed by atoms with Crippen molar-refractivity contribution in [2.75, 3.05) is 7.05 Å². The number of hydrogen-bond acceptors (Lipinski definition) is 2. The maximum Gasteiger partial charge on any atom is 0.142 e. The van der Waals surface area contributed by atoms with Gasteiger partial charge in [0.2, 0.25) is 0 Å². The molecule has 21 heavy (non-hydrogen) atoms. The van der Waals surface area contributed by atoms with E-state index in [1.807, 2.05) is 19.2 Å². The van der Waals surface area contributed by atoms with E-state index >= 15 is 0 Å². The van der Waals surface area contributed by atoms with Crippen LogP contribution < -0.4 is 10.1 Å². The molecular weight excluding hydrogens is 352 g/mol. The zero-order valence-corrected chi connectivity index (χ0v) is 14.2. The van der Waals surface area contributed by atoms with Crippen molar-refractivity contribution in [2.45, 2.75) is 13.2 Å². The standard InChI is InChI=1S/C15H13Cl4NO/c1-20-7-10-5-11(16)6-14(19)15(10)21-8-9-2-3-12(17)13(18)4-9/h2-6,20H,7-8H2,1H3. The lowest BCUT2D eigenvalue weighted by Gasteiger charge is -2.14. The van der Waals surface area contributed by atoms with Crippen LogP contribution in [0.2, 0.25) is 20.1 Å². The first-order chi connectivity index (χ1) is 10.0. The summed E-state index contributed by atoms with van der Waals surface area (Å²) in [6.45, 7) is 0.950. The Morgan fingerprint density at radius 3 is 2.38 bits per heavy atom. The number of halogens is 4. The monoisotopic (exact) mass is 363 g/mol.